The number of hydrogen-bond donors (Lipinski definition) is 1. The maximum absolute atomic E-state index is 5.83. The average molecular weight is 380 g/mol. The van der Waals surface area contributed by atoms with Crippen molar-refractivity contribution >= 4 is 38.8 Å². The number of thiophene rings is 1. The molecule has 0 radical (unpaired) electrons. The third-order valence-corrected chi connectivity index (χ3v) is 4.83. The van der Waals surface area contributed by atoms with Crippen LogP contribution in [0.5, 0.6) is 5.75 Å². The van der Waals surface area contributed by atoms with E-state index in [2.05, 4.69) is 42.8 Å². The van der Waals surface area contributed by atoms with E-state index in [0.717, 1.165) is 34.5 Å². The van der Waals surface area contributed by atoms with E-state index in [1.165, 1.54) is 17.8 Å². The first-order valence-electron chi connectivity index (χ1n) is 8.47. The first-order valence-corrected chi connectivity index (χ1v) is 9.66. The second-order valence-electron chi connectivity index (χ2n) is 7.43. The number of nitrogens with one attached hydrogen (secondary N) is 1. The van der Waals surface area contributed by atoms with Crippen LogP contribution in [0.2, 0.25) is 0 Å². The fourth-order valence-electron chi connectivity index (χ4n) is 2.67. The summed E-state index contributed by atoms with van der Waals surface area (Å²) in [5.74, 6) is 1.53. The third kappa shape index (κ3) is 7.45. The number of nitrogens with zero attached hydrogens (tertiary/aromatic N) is 2. The second-order valence-corrected chi connectivity index (χ2v) is 8.68. The van der Waals surface area contributed by atoms with Crippen molar-refractivity contribution in [3.63, 3.8) is 0 Å². The van der Waals surface area contributed by atoms with E-state index in [1.54, 1.807) is 0 Å². The van der Waals surface area contributed by atoms with Crippen LogP contribution in [0.1, 0.15) is 40.5 Å². The van der Waals surface area contributed by atoms with Gasteiger partial charge >= 0.3 is 0 Å². The number of hydrogen-bond acceptors (Lipinski definition) is 5. The standard InChI is InChI=1S/C19H26ClN3OS/c1-14(13-19(2,3)4)11-12-24-16-7-5-15(6-8-16)22-23-18-10-9-17(21-20)25-18/h5-10,14,21H,11-13H2,1-4H3. The van der Waals surface area contributed by atoms with Gasteiger partial charge in [-0.05, 0) is 60.6 Å². The van der Waals surface area contributed by atoms with Crippen LogP contribution >= 0.6 is 23.1 Å². The maximum atomic E-state index is 5.83. The van der Waals surface area contributed by atoms with Crippen LogP contribution in [0.3, 0.4) is 0 Å². The lowest BCUT2D eigenvalue weighted by atomic mass is 9.84. The third-order valence-electron chi connectivity index (χ3n) is 3.63. The van der Waals surface area contributed by atoms with E-state index in [4.69, 9.17) is 16.5 Å². The maximum Gasteiger partial charge on any atom is 0.140 e. The van der Waals surface area contributed by atoms with Gasteiger partial charge in [-0.1, -0.05) is 39.0 Å². The Morgan fingerprint density at radius 3 is 2.44 bits per heavy atom. The van der Waals surface area contributed by atoms with Crippen LogP contribution in [-0.2, 0) is 0 Å². The molecule has 1 heterocycles. The molecule has 25 heavy (non-hydrogen) atoms. The second kappa shape index (κ2) is 9.20. The van der Waals surface area contributed by atoms with Gasteiger partial charge in [0, 0.05) is 11.8 Å². The van der Waals surface area contributed by atoms with E-state index in [1.807, 2.05) is 36.4 Å². The number of azo groups is 1. The van der Waals surface area contributed by atoms with Crippen molar-refractivity contribution in [2.45, 2.75) is 40.5 Å². The Labute approximate surface area is 159 Å². The molecule has 0 amide bonds. The summed E-state index contributed by atoms with van der Waals surface area (Å²) >= 11 is 6.99. The Bertz CT molecular complexity index is 677. The van der Waals surface area contributed by atoms with Crippen LogP contribution in [0.4, 0.5) is 15.7 Å². The molecule has 6 heteroatoms. The molecule has 0 spiro atoms. The van der Waals surface area contributed by atoms with Gasteiger partial charge in [-0.15, -0.1) is 10.2 Å². The fourth-order valence-corrected chi connectivity index (χ4v) is 3.47. The van der Waals surface area contributed by atoms with Gasteiger partial charge in [-0.3, -0.25) is 4.84 Å². The molecule has 0 aliphatic heterocycles. The molecule has 0 saturated heterocycles. The predicted molar refractivity (Wildman–Crippen MR) is 108 cm³/mol. The molecule has 136 valence electrons. The topological polar surface area (TPSA) is 46.0 Å². The highest BCUT2D eigenvalue weighted by atomic mass is 35.5. The molecule has 0 aliphatic rings. The van der Waals surface area contributed by atoms with Crippen LogP contribution in [-0.4, -0.2) is 6.61 Å². The van der Waals surface area contributed by atoms with E-state index in [9.17, 15) is 0 Å². The molecule has 0 aliphatic carbocycles. The normalized spacial score (nSPS) is 13.2. The minimum Gasteiger partial charge on any atom is -0.494 e. The Balaban J connectivity index is 1.79. The lowest BCUT2D eigenvalue weighted by molar-refractivity contribution is 0.240. The summed E-state index contributed by atoms with van der Waals surface area (Å²) in [4.78, 5) is 2.57. The van der Waals surface area contributed by atoms with E-state index >= 15 is 0 Å². The molecular weight excluding hydrogens is 354 g/mol. The quantitative estimate of drug-likeness (QED) is 0.379. The molecule has 2 aromatic rings. The number of anilines is 1. The van der Waals surface area contributed by atoms with Crippen LogP contribution in [0.25, 0.3) is 0 Å². The zero-order valence-corrected chi connectivity index (χ0v) is 16.8. The molecule has 1 aromatic heterocycles. The molecule has 0 fully saturated rings. The van der Waals surface area contributed by atoms with E-state index < -0.39 is 0 Å². The fraction of sp³-hybridized carbons (Fsp3) is 0.474. The van der Waals surface area contributed by atoms with E-state index in [-0.39, 0.29) is 0 Å². The molecule has 0 saturated carbocycles. The number of rotatable bonds is 8. The van der Waals surface area contributed by atoms with Crippen molar-refractivity contribution in [3.8, 4) is 5.75 Å². The number of benzene rings is 1. The number of halogens is 1. The highest BCUT2D eigenvalue weighted by Crippen LogP contribution is 2.31. The van der Waals surface area contributed by atoms with Crippen molar-refractivity contribution in [2.24, 2.45) is 21.6 Å². The van der Waals surface area contributed by atoms with Gasteiger partial charge in [0.1, 0.15) is 15.8 Å². The minimum atomic E-state index is 0.370. The van der Waals surface area contributed by atoms with Gasteiger partial charge < -0.3 is 4.74 Å². The van der Waals surface area contributed by atoms with Gasteiger partial charge in [-0.25, -0.2) is 0 Å². The molecule has 1 unspecified atom stereocenters. The Morgan fingerprint density at radius 1 is 1.12 bits per heavy atom. The summed E-state index contributed by atoms with van der Waals surface area (Å²) in [6, 6.07) is 11.4. The molecule has 1 atom stereocenters. The lowest BCUT2D eigenvalue weighted by Gasteiger charge is -2.23. The zero-order valence-electron chi connectivity index (χ0n) is 15.3. The van der Waals surface area contributed by atoms with Crippen LogP contribution in [0.15, 0.2) is 46.6 Å². The summed E-state index contributed by atoms with van der Waals surface area (Å²) in [5.41, 5.74) is 1.16. The largest absolute Gasteiger partial charge is 0.494 e. The van der Waals surface area contributed by atoms with Gasteiger partial charge in [-0.2, -0.15) is 0 Å². The Hall–Kier alpha value is -1.59. The molecule has 1 N–H and O–H groups in total. The zero-order chi connectivity index (χ0) is 18.3. The van der Waals surface area contributed by atoms with Gasteiger partial charge in [0.15, 0.2) is 0 Å². The molecular formula is C19H26ClN3OS. The monoisotopic (exact) mass is 379 g/mol. The Morgan fingerprint density at radius 2 is 1.84 bits per heavy atom. The van der Waals surface area contributed by atoms with Gasteiger partial charge in [0.25, 0.3) is 0 Å². The minimum absolute atomic E-state index is 0.370. The van der Waals surface area contributed by atoms with Crippen molar-refractivity contribution in [2.75, 3.05) is 11.4 Å². The van der Waals surface area contributed by atoms with E-state index in [0.29, 0.717) is 11.3 Å². The molecule has 0 bridgehead atoms. The van der Waals surface area contributed by atoms with Gasteiger partial charge in [0.05, 0.1) is 12.3 Å². The SMILES string of the molecule is CC(CCOc1ccc(N=Nc2ccc(NCl)s2)cc1)CC(C)(C)C. The van der Waals surface area contributed by atoms with Crippen molar-refractivity contribution in [3.05, 3.63) is 36.4 Å². The summed E-state index contributed by atoms with van der Waals surface area (Å²) in [6.45, 7) is 9.86. The summed E-state index contributed by atoms with van der Waals surface area (Å²) < 4.78 is 5.83. The van der Waals surface area contributed by atoms with Crippen LogP contribution in [0, 0.1) is 11.3 Å². The van der Waals surface area contributed by atoms with Crippen molar-refractivity contribution < 1.29 is 4.74 Å². The van der Waals surface area contributed by atoms with Crippen molar-refractivity contribution in [1.82, 2.24) is 0 Å². The predicted octanol–water partition coefficient (Wildman–Crippen LogP) is 7.57. The molecule has 2 rings (SSSR count). The summed E-state index contributed by atoms with van der Waals surface area (Å²) in [6.07, 6.45) is 2.27. The lowest BCUT2D eigenvalue weighted by Crippen LogP contribution is -2.13. The highest BCUT2D eigenvalue weighted by Gasteiger charge is 2.15. The van der Waals surface area contributed by atoms with Gasteiger partial charge in [0.2, 0.25) is 0 Å². The highest BCUT2D eigenvalue weighted by molar-refractivity contribution is 7.19. The first kappa shape index (κ1) is 19.7. The van der Waals surface area contributed by atoms with Crippen LogP contribution < -0.4 is 9.57 Å². The summed E-state index contributed by atoms with van der Waals surface area (Å²) in [5, 5.41) is 10.1. The Kier molecular flexibility index (Phi) is 7.26. The van der Waals surface area contributed by atoms with Crippen molar-refractivity contribution in [1.29, 1.82) is 0 Å². The summed E-state index contributed by atoms with van der Waals surface area (Å²) in [7, 11) is 0. The first-order chi connectivity index (χ1) is 11.9. The molecule has 4 nitrogen and oxygen atoms in total. The smallest absolute Gasteiger partial charge is 0.140 e. The number of ether oxygens (including phenoxy) is 1. The molecule has 1 aromatic carbocycles. The average Bonchev–Trinajstić information content (AvgIpc) is 3.00.